The number of nitrogens with one attached hydrogen (secondary N) is 1. The second kappa shape index (κ2) is 5.11. The summed E-state index contributed by atoms with van der Waals surface area (Å²) in [6.07, 6.45) is -3.20. The lowest BCUT2D eigenvalue weighted by Crippen LogP contribution is -2.25. The standard InChI is InChI=1S/C11H13F3N2O2/c12-11(13,14)7-1-2-10(16-4-7)18-9-3-8(6-17)15-5-9/h1-2,4,8-9,15,17H,3,5-6H2/t8-,9?/m0/s1. The summed E-state index contributed by atoms with van der Waals surface area (Å²) in [6.45, 7) is 0.564. The number of aliphatic hydroxyl groups excluding tert-OH is 1. The Morgan fingerprint density at radius 3 is 2.72 bits per heavy atom. The molecule has 0 spiro atoms. The fourth-order valence-corrected chi connectivity index (χ4v) is 1.80. The van der Waals surface area contributed by atoms with Crippen LogP contribution < -0.4 is 10.1 Å². The Morgan fingerprint density at radius 1 is 1.44 bits per heavy atom. The van der Waals surface area contributed by atoms with Gasteiger partial charge >= 0.3 is 6.18 Å². The highest BCUT2D eigenvalue weighted by Crippen LogP contribution is 2.29. The summed E-state index contributed by atoms with van der Waals surface area (Å²) in [5, 5.41) is 11.9. The normalized spacial score (nSPS) is 24.2. The zero-order chi connectivity index (χ0) is 13.2. The predicted molar refractivity (Wildman–Crippen MR) is 57.1 cm³/mol. The molecule has 0 saturated carbocycles. The van der Waals surface area contributed by atoms with Gasteiger partial charge in [0.2, 0.25) is 5.88 Å². The fraction of sp³-hybridized carbons (Fsp3) is 0.545. The SMILES string of the molecule is OC[C@@H]1CC(Oc2ccc(C(F)(F)F)cn2)CN1. The third-order valence-electron chi connectivity index (χ3n) is 2.75. The topological polar surface area (TPSA) is 54.4 Å². The van der Waals surface area contributed by atoms with E-state index in [1.165, 1.54) is 6.07 Å². The van der Waals surface area contributed by atoms with Crippen LogP contribution in [-0.2, 0) is 6.18 Å². The molecule has 2 heterocycles. The van der Waals surface area contributed by atoms with E-state index < -0.39 is 11.7 Å². The van der Waals surface area contributed by atoms with Gasteiger partial charge in [-0.3, -0.25) is 0 Å². The zero-order valence-corrected chi connectivity index (χ0v) is 9.44. The van der Waals surface area contributed by atoms with Crippen LogP contribution in [-0.4, -0.2) is 35.4 Å². The highest BCUT2D eigenvalue weighted by molar-refractivity contribution is 5.20. The maximum absolute atomic E-state index is 12.3. The first-order valence-electron chi connectivity index (χ1n) is 5.53. The molecule has 4 nitrogen and oxygen atoms in total. The second-order valence-corrected chi connectivity index (χ2v) is 4.15. The van der Waals surface area contributed by atoms with Crippen molar-refractivity contribution in [2.45, 2.75) is 24.7 Å². The monoisotopic (exact) mass is 262 g/mol. The molecule has 0 bridgehead atoms. The van der Waals surface area contributed by atoms with E-state index in [1.807, 2.05) is 0 Å². The number of hydrogen-bond donors (Lipinski definition) is 2. The lowest BCUT2D eigenvalue weighted by Gasteiger charge is -2.12. The number of hydrogen-bond acceptors (Lipinski definition) is 4. The van der Waals surface area contributed by atoms with Crippen molar-refractivity contribution in [2.75, 3.05) is 13.2 Å². The lowest BCUT2D eigenvalue weighted by atomic mass is 10.2. The third-order valence-corrected chi connectivity index (χ3v) is 2.75. The van der Waals surface area contributed by atoms with Crippen LogP contribution in [0.5, 0.6) is 5.88 Å². The molecule has 18 heavy (non-hydrogen) atoms. The van der Waals surface area contributed by atoms with E-state index in [1.54, 1.807) is 0 Å². The van der Waals surface area contributed by atoms with Gasteiger partial charge in [-0.2, -0.15) is 13.2 Å². The summed E-state index contributed by atoms with van der Waals surface area (Å²) < 4.78 is 42.3. The Bertz CT molecular complexity index is 394. The van der Waals surface area contributed by atoms with Crippen LogP contribution in [0.1, 0.15) is 12.0 Å². The number of aliphatic hydroxyl groups is 1. The molecule has 1 aliphatic heterocycles. The van der Waals surface area contributed by atoms with Crippen LogP contribution in [0.4, 0.5) is 13.2 Å². The van der Waals surface area contributed by atoms with Crippen molar-refractivity contribution in [2.24, 2.45) is 0 Å². The average molecular weight is 262 g/mol. The van der Waals surface area contributed by atoms with E-state index in [0.717, 1.165) is 12.3 Å². The van der Waals surface area contributed by atoms with E-state index >= 15 is 0 Å². The minimum atomic E-state index is -4.39. The molecule has 1 aliphatic rings. The molecule has 2 rings (SSSR count). The van der Waals surface area contributed by atoms with Crippen LogP contribution >= 0.6 is 0 Å². The summed E-state index contributed by atoms with van der Waals surface area (Å²) in [4.78, 5) is 3.63. The van der Waals surface area contributed by atoms with Crippen molar-refractivity contribution in [1.82, 2.24) is 10.3 Å². The van der Waals surface area contributed by atoms with Gasteiger partial charge in [0.25, 0.3) is 0 Å². The van der Waals surface area contributed by atoms with Crippen molar-refractivity contribution in [3.8, 4) is 5.88 Å². The number of nitrogens with zero attached hydrogens (tertiary/aromatic N) is 1. The summed E-state index contributed by atoms with van der Waals surface area (Å²) in [7, 11) is 0. The molecule has 1 aromatic heterocycles. The molecule has 7 heteroatoms. The van der Waals surface area contributed by atoms with E-state index in [-0.39, 0.29) is 24.6 Å². The maximum atomic E-state index is 12.3. The van der Waals surface area contributed by atoms with Gasteiger partial charge in [0.15, 0.2) is 0 Å². The number of pyridine rings is 1. The van der Waals surface area contributed by atoms with Crippen molar-refractivity contribution in [1.29, 1.82) is 0 Å². The Balaban J connectivity index is 1.95. The van der Waals surface area contributed by atoms with Crippen LogP contribution in [0, 0.1) is 0 Å². The first-order chi connectivity index (χ1) is 8.49. The van der Waals surface area contributed by atoms with Gasteiger partial charge < -0.3 is 15.2 Å². The third kappa shape index (κ3) is 3.11. The van der Waals surface area contributed by atoms with Crippen molar-refractivity contribution < 1.29 is 23.0 Å². The molecule has 1 saturated heterocycles. The fourth-order valence-electron chi connectivity index (χ4n) is 1.80. The van der Waals surface area contributed by atoms with Crippen molar-refractivity contribution >= 4 is 0 Å². The second-order valence-electron chi connectivity index (χ2n) is 4.15. The summed E-state index contributed by atoms with van der Waals surface area (Å²) in [5.74, 6) is 0.161. The minimum Gasteiger partial charge on any atom is -0.473 e. The molecule has 0 radical (unpaired) electrons. The average Bonchev–Trinajstić information content (AvgIpc) is 2.76. The summed E-state index contributed by atoms with van der Waals surface area (Å²) in [6, 6.07) is 2.12. The molecule has 2 N–H and O–H groups in total. The largest absolute Gasteiger partial charge is 0.473 e. The first kappa shape index (κ1) is 13.1. The van der Waals surface area contributed by atoms with Crippen LogP contribution in [0.2, 0.25) is 0 Å². The first-order valence-corrected chi connectivity index (χ1v) is 5.53. The molecule has 2 atom stereocenters. The van der Waals surface area contributed by atoms with E-state index in [4.69, 9.17) is 9.84 Å². The molecular weight excluding hydrogens is 249 g/mol. The van der Waals surface area contributed by atoms with Crippen LogP contribution in [0.15, 0.2) is 18.3 Å². The van der Waals surface area contributed by atoms with Crippen LogP contribution in [0.3, 0.4) is 0 Å². The smallest absolute Gasteiger partial charge is 0.417 e. The quantitative estimate of drug-likeness (QED) is 0.859. The highest BCUT2D eigenvalue weighted by Gasteiger charge is 2.31. The van der Waals surface area contributed by atoms with E-state index in [2.05, 4.69) is 10.3 Å². The lowest BCUT2D eigenvalue weighted by molar-refractivity contribution is -0.137. The van der Waals surface area contributed by atoms with E-state index in [9.17, 15) is 13.2 Å². The van der Waals surface area contributed by atoms with E-state index in [0.29, 0.717) is 13.0 Å². The van der Waals surface area contributed by atoms with Gasteiger partial charge in [-0.15, -0.1) is 0 Å². The van der Waals surface area contributed by atoms with Gasteiger partial charge in [-0.1, -0.05) is 0 Å². The number of aromatic nitrogens is 1. The van der Waals surface area contributed by atoms with Gasteiger partial charge in [-0.25, -0.2) is 4.98 Å². The Labute approximate surface area is 102 Å². The molecule has 1 aromatic rings. The van der Waals surface area contributed by atoms with Gasteiger partial charge in [0, 0.05) is 31.3 Å². The number of alkyl halides is 3. The zero-order valence-electron chi connectivity index (χ0n) is 9.44. The molecule has 0 aromatic carbocycles. The summed E-state index contributed by atoms with van der Waals surface area (Å²) >= 11 is 0. The number of ether oxygens (including phenoxy) is 1. The number of halogens is 3. The van der Waals surface area contributed by atoms with Crippen LogP contribution in [0.25, 0.3) is 0 Å². The molecular formula is C11H13F3N2O2. The molecule has 1 fully saturated rings. The summed E-state index contributed by atoms with van der Waals surface area (Å²) in [5.41, 5.74) is -0.798. The predicted octanol–water partition coefficient (Wildman–Crippen LogP) is 1.20. The van der Waals surface area contributed by atoms with Gasteiger partial charge in [0.1, 0.15) is 6.10 Å². The Hall–Kier alpha value is -1.34. The highest BCUT2D eigenvalue weighted by atomic mass is 19.4. The van der Waals surface area contributed by atoms with Crippen molar-refractivity contribution in [3.05, 3.63) is 23.9 Å². The Morgan fingerprint density at radius 2 is 2.22 bits per heavy atom. The van der Waals surface area contributed by atoms with Crippen molar-refractivity contribution in [3.63, 3.8) is 0 Å². The minimum absolute atomic E-state index is 0.0142. The Kier molecular flexibility index (Phi) is 3.72. The number of rotatable bonds is 3. The molecule has 100 valence electrons. The molecule has 1 unspecified atom stereocenters. The van der Waals surface area contributed by atoms with Gasteiger partial charge in [-0.05, 0) is 6.07 Å². The molecule has 0 amide bonds. The van der Waals surface area contributed by atoms with Gasteiger partial charge in [0.05, 0.1) is 12.2 Å². The maximum Gasteiger partial charge on any atom is 0.417 e. The molecule has 0 aliphatic carbocycles.